The minimum Gasteiger partial charge on any atom is -0.452 e. The second-order valence-electron chi connectivity index (χ2n) is 4.48. The second-order valence-corrected chi connectivity index (χ2v) is 5.32. The highest BCUT2D eigenvalue weighted by Crippen LogP contribution is 2.25. The standard InChI is InChI=1S/C15H11Cl2FN2O3/c16-8-1-4-11(17)13(5-8)20-14(21)7-23-15(22)10-3-2-9(18)6-12(10)19/h1-6H,7,19H2,(H,20,21). The quantitative estimate of drug-likeness (QED) is 0.648. The predicted molar refractivity (Wildman–Crippen MR) is 86.2 cm³/mol. The van der Waals surface area contributed by atoms with E-state index in [2.05, 4.69) is 5.32 Å². The van der Waals surface area contributed by atoms with Gasteiger partial charge in [0.15, 0.2) is 6.61 Å². The van der Waals surface area contributed by atoms with Crippen molar-refractivity contribution in [1.29, 1.82) is 0 Å². The minimum atomic E-state index is -0.838. The number of halogens is 3. The summed E-state index contributed by atoms with van der Waals surface area (Å²) < 4.78 is 17.7. The van der Waals surface area contributed by atoms with Gasteiger partial charge in [0, 0.05) is 10.7 Å². The number of benzene rings is 2. The highest BCUT2D eigenvalue weighted by molar-refractivity contribution is 6.35. The summed E-state index contributed by atoms with van der Waals surface area (Å²) in [5, 5.41) is 3.14. The number of carbonyl (C=O) groups excluding carboxylic acids is 2. The Morgan fingerprint density at radius 3 is 2.61 bits per heavy atom. The number of anilines is 2. The molecule has 0 saturated heterocycles. The van der Waals surface area contributed by atoms with Crippen molar-refractivity contribution < 1.29 is 18.7 Å². The Morgan fingerprint density at radius 1 is 1.17 bits per heavy atom. The number of nitrogens with one attached hydrogen (secondary N) is 1. The molecule has 3 N–H and O–H groups in total. The van der Waals surface area contributed by atoms with E-state index in [0.717, 1.165) is 12.1 Å². The Bertz CT molecular complexity index is 768. The lowest BCUT2D eigenvalue weighted by Crippen LogP contribution is -2.21. The van der Waals surface area contributed by atoms with Crippen LogP contribution >= 0.6 is 23.2 Å². The molecule has 0 spiro atoms. The van der Waals surface area contributed by atoms with Crippen LogP contribution in [0.25, 0.3) is 0 Å². The van der Waals surface area contributed by atoms with Gasteiger partial charge in [-0.25, -0.2) is 9.18 Å². The average Bonchev–Trinajstić information content (AvgIpc) is 2.48. The number of nitrogen functional groups attached to an aromatic ring is 1. The monoisotopic (exact) mass is 356 g/mol. The molecule has 0 radical (unpaired) electrons. The van der Waals surface area contributed by atoms with E-state index in [0.29, 0.717) is 10.7 Å². The lowest BCUT2D eigenvalue weighted by atomic mass is 10.2. The Morgan fingerprint density at radius 2 is 1.91 bits per heavy atom. The SMILES string of the molecule is Nc1cc(F)ccc1C(=O)OCC(=O)Nc1cc(Cl)ccc1Cl. The molecule has 0 bridgehead atoms. The van der Waals surface area contributed by atoms with E-state index in [1.165, 1.54) is 18.2 Å². The van der Waals surface area contributed by atoms with E-state index in [1.807, 2.05) is 0 Å². The maximum atomic E-state index is 12.9. The summed E-state index contributed by atoms with van der Waals surface area (Å²) >= 11 is 11.7. The molecule has 120 valence electrons. The van der Waals surface area contributed by atoms with Crippen LogP contribution in [0.4, 0.5) is 15.8 Å². The lowest BCUT2D eigenvalue weighted by molar-refractivity contribution is -0.119. The van der Waals surface area contributed by atoms with Crippen LogP contribution in [0.5, 0.6) is 0 Å². The van der Waals surface area contributed by atoms with Crippen molar-refractivity contribution in [2.75, 3.05) is 17.7 Å². The van der Waals surface area contributed by atoms with Crippen LogP contribution in [0, 0.1) is 5.82 Å². The fraction of sp³-hybridized carbons (Fsp3) is 0.0667. The van der Waals surface area contributed by atoms with E-state index in [1.54, 1.807) is 6.07 Å². The zero-order valence-corrected chi connectivity index (χ0v) is 13.1. The fourth-order valence-electron chi connectivity index (χ4n) is 1.71. The zero-order chi connectivity index (χ0) is 17.0. The third-order valence-electron chi connectivity index (χ3n) is 2.77. The molecule has 0 atom stereocenters. The molecular weight excluding hydrogens is 346 g/mol. The molecule has 0 unspecified atom stereocenters. The number of carbonyl (C=O) groups is 2. The largest absolute Gasteiger partial charge is 0.452 e. The smallest absolute Gasteiger partial charge is 0.340 e. The third-order valence-corrected chi connectivity index (χ3v) is 3.34. The number of nitrogens with two attached hydrogens (primary N) is 1. The molecule has 2 rings (SSSR count). The Balaban J connectivity index is 1.96. The van der Waals surface area contributed by atoms with Gasteiger partial charge >= 0.3 is 5.97 Å². The van der Waals surface area contributed by atoms with Crippen LogP contribution < -0.4 is 11.1 Å². The van der Waals surface area contributed by atoms with E-state index in [-0.39, 0.29) is 16.3 Å². The number of esters is 1. The Labute approximate surface area is 141 Å². The van der Waals surface area contributed by atoms with Crippen molar-refractivity contribution >= 4 is 46.5 Å². The molecule has 0 aliphatic rings. The van der Waals surface area contributed by atoms with Crippen molar-refractivity contribution in [2.24, 2.45) is 0 Å². The van der Waals surface area contributed by atoms with E-state index < -0.39 is 24.3 Å². The van der Waals surface area contributed by atoms with E-state index in [9.17, 15) is 14.0 Å². The summed E-state index contributed by atoms with van der Waals surface area (Å²) in [6.07, 6.45) is 0. The topological polar surface area (TPSA) is 81.4 Å². The average molecular weight is 357 g/mol. The van der Waals surface area contributed by atoms with Gasteiger partial charge in [0.2, 0.25) is 0 Å². The molecule has 2 aromatic rings. The van der Waals surface area contributed by atoms with Crippen LogP contribution in [0.15, 0.2) is 36.4 Å². The van der Waals surface area contributed by atoms with Crippen LogP contribution in [0.2, 0.25) is 10.0 Å². The maximum absolute atomic E-state index is 12.9. The second kappa shape index (κ2) is 7.30. The normalized spacial score (nSPS) is 10.2. The molecule has 0 fully saturated rings. The lowest BCUT2D eigenvalue weighted by Gasteiger charge is -2.09. The predicted octanol–water partition coefficient (Wildman–Crippen LogP) is 3.51. The van der Waals surface area contributed by atoms with Gasteiger partial charge in [-0.2, -0.15) is 0 Å². The molecule has 0 aromatic heterocycles. The number of hydrogen-bond donors (Lipinski definition) is 2. The highest BCUT2D eigenvalue weighted by Gasteiger charge is 2.14. The number of ether oxygens (including phenoxy) is 1. The molecule has 8 heteroatoms. The summed E-state index contributed by atoms with van der Waals surface area (Å²) in [5.74, 6) is -2.02. The summed E-state index contributed by atoms with van der Waals surface area (Å²) in [4.78, 5) is 23.6. The van der Waals surface area contributed by atoms with Crippen molar-refractivity contribution in [3.8, 4) is 0 Å². The van der Waals surface area contributed by atoms with Gasteiger partial charge in [-0.15, -0.1) is 0 Å². The zero-order valence-electron chi connectivity index (χ0n) is 11.6. The molecule has 5 nitrogen and oxygen atoms in total. The van der Waals surface area contributed by atoms with Crippen molar-refractivity contribution in [1.82, 2.24) is 0 Å². The van der Waals surface area contributed by atoms with Gasteiger partial charge in [0.05, 0.1) is 16.3 Å². The van der Waals surface area contributed by atoms with Crippen molar-refractivity contribution in [3.63, 3.8) is 0 Å². The van der Waals surface area contributed by atoms with Gasteiger partial charge in [-0.1, -0.05) is 23.2 Å². The number of hydrogen-bond acceptors (Lipinski definition) is 4. The molecule has 2 aromatic carbocycles. The number of amides is 1. The van der Waals surface area contributed by atoms with Gasteiger partial charge in [0.25, 0.3) is 5.91 Å². The molecular formula is C15H11Cl2FN2O3. The molecule has 0 heterocycles. The van der Waals surface area contributed by atoms with E-state index >= 15 is 0 Å². The van der Waals surface area contributed by atoms with Crippen LogP contribution in [0.3, 0.4) is 0 Å². The first kappa shape index (κ1) is 17.1. The maximum Gasteiger partial charge on any atom is 0.340 e. The summed E-state index contributed by atoms with van der Waals surface area (Å²) in [6.45, 7) is -0.557. The minimum absolute atomic E-state index is 0.0278. The Hall–Kier alpha value is -2.31. The van der Waals surface area contributed by atoms with Gasteiger partial charge in [0.1, 0.15) is 5.82 Å². The Kier molecular flexibility index (Phi) is 5.41. The fourth-order valence-corrected chi connectivity index (χ4v) is 2.04. The molecule has 1 amide bonds. The summed E-state index contributed by atoms with van der Waals surface area (Å²) in [5.41, 5.74) is 5.70. The first-order valence-electron chi connectivity index (χ1n) is 6.34. The first-order chi connectivity index (χ1) is 10.9. The molecule has 0 aliphatic carbocycles. The highest BCUT2D eigenvalue weighted by atomic mass is 35.5. The molecule has 0 saturated carbocycles. The molecule has 0 aliphatic heterocycles. The van der Waals surface area contributed by atoms with Gasteiger partial charge in [-0.3, -0.25) is 4.79 Å². The van der Waals surface area contributed by atoms with Gasteiger partial charge in [-0.05, 0) is 36.4 Å². The van der Waals surface area contributed by atoms with Gasteiger partial charge < -0.3 is 15.8 Å². The summed E-state index contributed by atoms with van der Waals surface area (Å²) in [7, 11) is 0. The van der Waals surface area contributed by atoms with E-state index in [4.69, 9.17) is 33.7 Å². The number of rotatable bonds is 4. The van der Waals surface area contributed by atoms with Crippen LogP contribution in [-0.4, -0.2) is 18.5 Å². The third kappa shape index (κ3) is 4.58. The van der Waals surface area contributed by atoms with Crippen molar-refractivity contribution in [3.05, 3.63) is 57.8 Å². The van der Waals surface area contributed by atoms with Crippen LogP contribution in [-0.2, 0) is 9.53 Å². The van der Waals surface area contributed by atoms with Crippen molar-refractivity contribution in [2.45, 2.75) is 0 Å². The summed E-state index contributed by atoms with van der Waals surface area (Å²) in [6, 6.07) is 7.78. The molecule has 23 heavy (non-hydrogen) atoms. The van der Waals surface area contributed by atoms with Crippen LogP contribution in [0.1, 0.15) is 10.4 Å². The first-order valence-corrected chi connectivity index (χ1v) is 7.09.